The summed E-state index contributed by atoms with van der Waals surface area (Å²) in [4.78, 5) is 0. The summed E-state index contributed by atoms with van der Waals surface area (Å²) in [5.41, 5.74) is 6.82. The van der Waals surface area contributed by atoms with Crippen LogP contribution in [0.15, 0.2) is 29.6 Å². The van der Waals surface area contributed by atoms with Gasteiger partial charge in [0.15, 0.2) is 0 Å². The van der Waals surface area contributed by atoms with Crippen molar-refractivity contribution in [3.05, 3.63) is 35.2 Å². The summed E-state index contributed by atoms with van der Waals surface area (Å²) < 4.78 is 1.33. The van der Waals surface area contributed by atoms with E-state index >= 15 is 0 Å². The molecule has 0 atom stereocenters. The molecule has 0 spiro atoms. The van der Waals surface area contributed by atoms with Crippen molar-refractivity contribution in [1.82, 2.24) is 0 Å². The van der Waals surface area contributed by atoms with Crippen molar-refractivity contribution in [2.24, 2.45) is 5.73 Å². The minimum atomic E-state index is 0. The summed E-state index contributed by atoms with van der Waals surface area (Å²) in [6.45, 7) is 0.643. The van der Waals surface area contributed by atoms with Crippen LogP contribution in [0.4, 0.5) is 0 Å². The fourth-order valence-electron chi connectivity index (χ4n) is 1.19. The van der Waals surface area contributed by atoms with E-state index in [1.165, 1.54) is 15.6 Å². The molecule has 3 heteroatoms. The molecule has 0 aliphatic heterocycles. The zero-order valence-corrected chi connectivity index (χ0v) is 8.12. The molecular weight excluding hydrogens is 190 g/mol. The van der Waals surface area contributed by atoms with Crippen LogP contribution in [-0.4, -0.2) is 0 Å². The van der Waals surface area contributed by atoms with Gasteiger partial charge in [-0.05, 0) is 22.4 Å². The van der Waals surface area contributed by atoms with E-state index in [1.54, 1.807) is 11.3 Å². The van der Waals surface area contributed by atoms with Crippen molar-refractivity contribution in [3.8, 4) is 0 Å². The molecule has 0 amide bonds. The standard InChI is InChI=1S/C9H9NS.ClH/c10-5-7-6-11-9-4-2-1-3-8(7)9;/h1-4,6H,5,10H2;1H. The summed E-state index contributed by atoms with van der Waals surface area (Å²) in [6, 6.07) is 8.35. The maximum absolute atomic E-state index is 5.57. The highest BCUT2D eigenvalue weighted by Crippen LogP contribution is 2.24. The average Bonchev–Trinajstić information content (AvgIpc) is 2.47. The normalized spacial score (nSPS) is 9.75. The number of benzene rings is 1. The van der Waals surface area contributed by atoms with E-state index < -0.39 is 0 Å². The quantitative estimate of drug-likeness (QED) is 0.751. The predicted octanol–water partition coefficient (Wildman–Crippen LogP) is 2.78. The zero-order chi connectivity index (χ0) is 7.68. The van der Waals surface area contributed by atoms with Gasteiger partial charge >= 0.3 is 0 Å². The minimum absolute atomic E-state index is 0. The van der Waals surface area contributed by atoms with Gasteiger partial charge < -0.3 is 5.73 Å². The molecule has 0 aliphatic rings. The molecule has 1 heterocycles. The van der Waals surface area contributed by atoms with Crippen LogP contribution < -0.4 is 5.73 Å². The predicted molar refractivity (Wildman–Crippen MR) is 57.0 cm³/mol. The van der Waals surface area contributed by atoms with Crippen LogP contribution in [0, 0.1) is 0 Å². The highest BCUT2D eigenvalue weighted by Gasteiger charge is 1.98. The van der Waals surface area contributed by atoms with Crippen molar-refractivity contribution < 1.29 is 0 Å². The first-order chi connectivity index (χ1) is 5.42. The first kappa shape index (κ1) is 9.52. The van der Waals surface area contributed by atoms with Crippen LogP contribution in [0.3, 0.4) is 0 Å². The van der Waals surface area contributed by atoms with Crippen LogP contribution in [0.1, 0.15) is 5.56 Å². The van der Waals surface area contributed by atoms with E-state index in [2.05, 4.69) is 23.6 Å². The number of fused-ring (bicyclic) bond motifs is 1. The molecule has 0 bridgehead atoms. The number of rotatable bonds is 1. The molecule has 64 valence electrons. The van der Waals surface area contributed by atoms with Crippen LogP contribution in [0.5, 0.6) is 0 Å². The molecule has 0 aliphatic carbocycles. The second-order valence-electron chi connectivity index (χ2n) is 2.46. The Hall–Kier alpha value is -0.570. The smallest absolute Gasteiger partial charge is 0.0346 e. The van der Waals surface area contributed by atoms with E-state index in [1.807, 2.05) is 6.07 Å². The first-order valence-electron chi connectivity index (χ1n) is 3.57. The second-order valence-corrected chi connectivity index (χ2v) is 3.37. The first-order valence-corrected chi connectivity index (χ1v) is 4.45. The molecule has 1 aromatic carbocycles. The van der Waals surface area contributed by atoms with Crippen LogP contribution in [0.25, 0.3) is 10.1 Å². The molecule has 1 aromatic heterocycles. The maximum atomic E-state index is 5.57. The van der Waals surface area contributed by atoms with Gasteiger partial charge in [0.1, 0.15) is 0 Å². The van der Waals surface area contributed by atoms with Crippen molar-refractivity contribution in [1.29, 1.82) is 0 Å². The lowest BCUT2D eigenvalue weighted by Crippen LogP contribution is -1.93. The number of nitrogens with two attached hydrogens (primary N) is 1. The minimum Gasteiger partial charge on any atom is -0.326 e. The lowest BCUT2D eigenvalue weighted by Gasteiger charge is -1.91. The van der Waals surface area contributed by atoms with Crippen molar-refractivity contribution in [2.45, 2.75) is 6.54 Å². The van der Waals surface area contributed by atoms with Gasteiger partial charge in [0, 0.05) is 11.2 Å². The van der Waals surface area contributed by atoms with Gasteiger partial charge in [-0.1, -0.05) is 18.2 Å². The fraction of sp³-hybridized carbons (Fsp3) is 0.111. The van der Waals surface area contributed by atoms with Gasteiger partial charge in [-0.15, -0.1) is 23.7 Å². The van der Waals surface area contributed by atoms with Crippen LogP contribution in [-0.2, 0) is 6.54 Å². The van der Waals surface area contributed by atoms with Gasteiger partial charge in [0.25, 0.3) is 0 Å². The summed E-state index contributed by atoms with van der Waals surface area (Å²) in [5, 5.41) is 3.44. The van der Waals surface area contributed by atoms with Gasteiger partial charge in [-0.3, -0.25) is 0 Å². The van der Waals surface area contributed by atoms with Crippen LogP contribution in [0.2, 0.25) is 0 Å². The average molecular weight is 200 g/mol. The number of thiophene rings is 1. The van der Waals surface area contributed by atoms with Crippen LogP contribution >= 0.6 is 23.7 Å². The van der Waals surface area contributed by atoms with E-state index in [0.717, 1.165) is 0 Å². The van der Waals surface area contributed by atoms with E-state index in [9.17, 15) is 0 Å². The number of halogens is 1. The molecule has 0 fully saturated rings. The molecule has 12 heavy (non-hydrogen) atoms. The van der Waals surface area contributed by atoms with Gasteiger partial charge in [0.05, 0.1) is 0 Å². The molecular formula is C9H10ClNS. The lowest BCUT2D eigenvalue weighted by molar-refractivity contribution is 1.09. The Morgan fingerprint density at radius 2 is 2.00 bits per heavy atom. The van der Waals surface area contributed by atoms with Crippen molar-refractivity contribution in [2.75, 3.05) is 0 Å². The monoisotopic (exact) mass is 199 g/mol. The van der Waals surface area contributed by atoms with Crippen molar-refractivity contribution in [3.63, 3.8) is 0 Å². The van der Waals surface area contributed by atoms with Crippen molar-refractivity contribution >= 4 is 33.8 Å². The Morgan fingerprint density at radius 1 is 1.25 bits per heavy atom. The molecule has 2 N–H and O–H groups in total. The summed E-state index contributed by atoms with van der Waals surface area (Å²) in [5.74, 6) is 0. The van der Waals surface area contributed by atoms with E-state index in [0.29, 0.717) is 6.54 Å². The molecule has 0 unspecified atom stereocenters. The van der Waals surface area contributed by atoms with Gasteiger partial charge in [-0.25, -0.2) is 0 Å². The van der Waals surface area contributed by atoms with Gasteiger partial charge in [-0.2, -0.15) is 0 Å². The Kier molecular flexibility index (Phi) is 3.09. The topological polar surface area (TPSA) is 26.0 Å². The highest BCUT2D eigenvalue weighted by atomic mass is 35.5. The maximum Gasteiger partial charge on any atom is 0.0346 e. The third kappa shape index (κ3) is 1.46. The Morgan fingerprint density at radius 3 is 2.75 bits per heavy atom. The molecule has 0 saturated carbocycles. The third-order valence-electron chi connectivity index (χ3n) is 1.78. The van der Waals surface area contributed by atoms with E-state index in [4.69, 9.17) is 5.73 Å². The SMILES string of the molecule is Cl.NCc1csc2ccccc12. The zero-order valence-electron chi connectivity index (χ0n) is 6.49. The Bertz CT molecular complexity index is 369. The lowest BCUT2D eigenvalue weighted by atomic mass is 10.2. The summed E-state index contributed by atoms with van der Waals surface area (Å²) in [6.07, 6.45) is 0. The number of hydrogen-bond acceptors (Lipinski definition) is 2. The molecule has 0 radical (unpaired) electrons. The largest absolute Gasteiger partial charge is 0.326 e. The second kappa shape index (κ2) is 3.90. The Labute approximate surface area is 81.6 Å². The third-order valence-corrected chi connectivity index (χ3v) is 2.79. The molecule has 0 saturated heterocycles. The van der Waals surface area contributed by atoms with Gasteiger partial charge in [0.2, 0.25) is 0 Å². The fourth-order valence-corrected chi connectivity index (χ4v) is 2.17. The van der Waals surface area contributed by atoms with E-state index in [-0.39, 0.29) is 12.4 Å². The number of hydrogen-bond donors (Lipinski definition) is 1. The molecule has 1 nitrogen and oxygen atoms in total. The summed E-state index contributed by atoms with van der Waals surface area (Å²) >= 11 is 1.76. The molecule has 2 aromatic rings. The highest BCUT2D eigenvalue weighted by molar-refractivity contribution is 7.17. The summed E-state index contributed by atoms with van der Waals surface area (Å²) in [7, 11) is 0. The molecule has 2 rings (SSSR count). The Balaban J connectivity index is 0.000000720.